The highest BCUT2D eigenvalue weighted by Crippen LogP contribution is 2.18. The van der Waals surface area contributed by atoms with Gasteiger partial charge in [0.2, 0.25) is 5.91 Å². The molecule has 0 saturated carbocycles. The number of hydrogen-bond acceptors (Lipinski definition) is 4. The van der Waals surface area contributed by atoms with Crippen LogP contribution >= 0.6 is 0 Å². The second kappa shape index (κ2) is 5.32. The predicted octanol–water partition coefficient (Wildman–Crippen LogP) is 1.70. The summed E-state index contributed by atoms with van der Waals surface area (Å²) >= 11 is 0. The smallest absolute Gasteiger partial charge is 0.322 e. The van der Waals surface area contributed by atoms with Gasteiger partial charge in [0.1, 0.15) is 0 Å². The Balaban J connectivity index is 2.90. The first-order valence-electron chi connectivity index (χ1n) is 4.34. The van der Waals surface area contributed by atoms with Gasteiger partial charge in [-0.15, -0.1) is 5.11 Å². The quantitative estimate of drug-likeness (QED) is 0.484. The first-order chi connectivity index (χ1) is 7.90. The number of carbonyl (C=O) groups excluding carboxylic acids is 1. The summed E-state index contributed by atoms with van der Waals surface area (Å²) in [7, 11) is -4.51. The zero-order chi connectivity index (χ0) is 12.9. The van der Waals surface area contributed by atoms with Crippen molar-refractivity contribution in [1.82, 2.24) is 0 Å². The van der Waals surface area contributed by atoms with E-state index in [1.165, 1.54) is 18.2 Å². The third kappa shape index (κ3) is 5.00. The molecule has 8 heteroatoms. The first-order valence-corrected chi connectivity index (χ1v) is 5.74. The Morgan fingerprint density at radius 1 is 1.47 bits per heavy atom. The highest BCUT2D eigenvalue weighted by atomic mass is 32.2. The summed E-state index contributed by atoms with van der Waals surface area (Å²) in [5.74, 6) is -0.408. The van der Waals surface area contributed by atoms with Crippen LogP contribution < -0.4 is 5.32 Å². The molecule has 1 rings (SSSR count). The Morgan fingerprint density at radius 2 is 2.18 bits per heavy atom. The summed E-state index contributed by atoms with van der Waals surface area (Å²) in [6.45, 7) is 3.28. The largest absolute Gasteiger partial charge is 0.396 e. The van der Waals surface area contributed by atoms with E-state index in [4.69, 9.17) is 4.55 Å². The standard InChI is InChI=1S/C9H9N3O4S/c1-2-9(13)10-7-4-3-5-8(6-7)11-12-17(14,15)16/h2-6H,1H2,(H,10,13)(H,14,15,16). The van der Waals surface area contributed by atoms with Crippen LogP contribution in [0.4, 0.5) is 11.4 Å². The van der Waals surface area contributed by atoms with Crippen molar-refractivity contribution in [2.45, 2.75) is 0 Å². The molecule has 7 nitrogen and oxygen atoms in total. The summed E-state index contributed by atoms with van der Waals surface area (Å²) in [5, 5.41) is 5.74. The zero-order valence-electron chi connectivity index (χ0n) is 8.57. The molecule has 0 radical (unpaired) electrons. The molecule has 0 unspecified atom stereocenters. The maximum atomic E-state index is 11.0. The van der Waals surface area contributed by atoms with Crippen LogP contribution in [0, 0.1) is 0 Å². The van der Waals surface area contributed by atoms with Crippen LogP contribution in [0.1, 0.15) is 0 Å². The van der Waals surface area contributed by atoms with Gasteiger partial charge in [-0.3, -0.25) is 9.35 Å². The van der Waals surface area contributed by atoms with E-state index in [2.05, 4.69) is 21.5 Å². The van der Waals surface area contributed by atoms with Gasteiger partial charge in [-0.25, -0.2) is 0 Å². The van der Waals surface area contributed by atoms with Crippen LogP contribution in [0.15, 0.2) is 46.6 Å². The van der Waals surface area contributed by atoms with E-state index in [0.717, 1.165) is 6.08 Å². The number of rotatable bonds is 4. The third-order valence-corrected chi connectivity index (χ3v) is 1.85. The average molecular weight is 255 g/mol. The SMILES string of the molecule is C=CC(=O)Nc1cccc(N=NS(=O)(=O)O)c1. The molecule has 0 bridgehead atoms. The highest BCUT2D eigenvalue weighted by molar-refractivity contribution is 7.84. The fourth-order valence-corrected chi connectivity index (χ4v) is 1.14. The molecule has 0 atom stereocenters. The molecule has 1 aromatic rings. The number of amides is 1. The van der Waals surface area contributed by atoms with E-state index in [-0.39, 0.29) is 5.69 Å². The molecule has 2 N–H and O–H groups in total. The van der Waals surface area contributed by atoms with Crippen molar-refractivity contribution in [3.8, 4) is 0 Å². The second-order valence-electron chi connectivity index (χ2n) is 2.87. The summed E-state index contributed by atoms with van der Waals surface area (Å²) < 4.78 is 31.7. The van der Waals surface area contributed by atoms with Crippen LogP contribution in [0.5, 0.6) is 0 Å². The van der Waals surface area contributed by atoms with Gasteiger partial charge in [0, 0.05) is 5.69 Å². The number of carbonyl (C=O) groups is 1. The van der Waals surface area contributed by atoms with Gasteiger partial charge in [-0.2, -0.15) is 8.42 Å². The summed E-state index contributed by atoms with van der Waals surface area (Å²) in [5.41, 5.74) is 0.575. The van der Waals surface area contributed by atoms with Crippen LogP contribution in [0.3, 0.4) is 0 Å². The monoisotopic (exact) mass is 255 g/mol. The number of hydrogen-bond donors (Lipinski definition) is 2. The minimum atomic E-state index is -4.51. The van der Waals surface area contributed by atoms with Gasteiger partial charge in [0.15, 0.2) is 0 Å². The van der Waals surface area contributed by atoms with Gasteiger partial charge >= 0.3 is 10.3 Å². The highest BCUT2D eigenvalue weighted by Gasteiger charge is 2.01. The fraction of sp³-hybridized carbons (Fsp3) is 0. The Hall–Kier alpha value is -2.06. The maximum Gasteiger partial charge on any atom is 0.396 e. The van der Waals surface area contributed by atoms with Gasteiger partial charge < -0.3 is 5.32 Å². The minimum absolute atomic E-state index is 0.171. The zero-order valence-corrected chi connectivity index (χ0v) is 9.38. The van der Waals surface area contributed by atoms with Crippen molar-refractivity contribution in [2.75, 3.05) is 5.32 Å². The van der Waals surface area contributed by atoms with Crippen molar-refractivity contribution in [1.29, 1.82) is 0 Å². The topological polar surface area (TPSA) is 108 Å². The van der Waals surface area contributed by atoms with E-state index in [0.29, 0.717) is 5.69 Å². The molecule has 0 fully saturated rings. The van der Waals surface area contributed by atoms with Crippen molar-refractivity contribution < 1.29 is 17.8 Å². The Bertz CT molecular complexity index is 565. The normalized spacial score (nSPS) is 11.4. The third-order valence-electron chi connectivity index (χ3n) is 1.56. The minimum Gasteiger partial charge on any atom is -0.322 e. The predicted molar refractivity (Wildman–Crippen MR) is 61.3 cm³/mol. The lowest BCUT2D eigenvalue weighted by atomic mass is 10.3. The second-order valence-corrected chi connectivity index (χ2v) is 3.93. The van der Waals surface area contributed by atoms with Crippen LogP contribution in [-0.2, 0) is 15.1 Å². The molecule has 1 amide bonds. The molecular formula is C9H9N3O4S. The lowest BCUT2D eigenvalue weighted by molar-refractivity contribution is -0.111. The van der Waals surface area contributed by atoms with E-state index >= 15 is 0 Å². The van der Waals surface area contributed by atoms with E-state index in [9.17, 15) is 13.2 Å². The van der Waals surface area contributed by atoms with Gasteiger partial charge in [-0.1, -0.05) is 12.6 Å². The van der Waals surface area contributed by atoms with Crippen LogP contribution in [0.25, 0.3) is 0 Å². The summed E-state index contributed by atoms with van der Waals surface area (Å²) in [6, 6.07) is 5.96. The summed E-state index contributed by atoms with van der Waals surface area (Å²) in [4.78, 5) is 11.0. The average Bonchev–Trinajstić information content (AvgIpc) is 2.26. The number of nitrogens with one attached hydrogen (secondary N) is 1. The van der Waals surface area contributed by atoms with E-state index < -0.39 is 16.2 Å². The molecule has 90 valence electrons. The van der Waals surface area contributed by atoms with Crippen molar-refractivity contribution >= 4 is 27.6 Å². The number of nitrogens with zero attached hydrogens (tertiary/aromatic N) is 2. The fourth-order valence-electron chi connectivity index (χ4n) is 0.938. The van der Waals surface area contributed by atoms with Crippen molar-refractivity contribution in [3.63, 3.8) is 0 Å². The molecular weight excluding hydrogens is 246 g/mol. The number of anilines is 1. The van der Waals surface area contributed by atoms with Crippen molar-refractivity contribution in [2.24, 2.45) is 9.63 Å². The number of benzene rings is 1. The Labute approximate surface area is 97.8 Å². The molecule has 0 aromatic heterocycles. The van der Waals surface area contributed by atoms with Crippen LogP contribution in [-0.4, -0.2) is 18.9 Å². The Morgan fingerprint density at radius 3 is 2.76 bits per heavy atom. The molecule has 0 aliphatic rings. The van der Waals surface area contributed by atoms with Gasteiger partial charge in [0.25, 0.3) is 0 Å². The molecule has 1 aromatic carbocycles. The molecule has 0 spiro atoms. The molecule has 0 heterocycles. The molecule has 0 saturated heterocycles. The first kappa shape index (κ1) is 13.0. The van der Waals surface area contributed by atoms with E-state index in [1.54, 1.807) is 6.07 Å². The summed E-state index contributed by atoms with van der Waals surface area (Å²) in [6.07, 6.45) is 1.09. The van der Waals surface area contributed by atoms with Gasteiger partial charge in [0.05, 0.1) is 5.69 Å². The van der Waals surface area contributed by atoms with Crippen LogP contribution in [0.2, 0.25) is 0 Å². The lowest BCUT2D eigenvalue weighted by Crippen LogP contribution is -2.06. The molecule has 0 aliphatic heterocycles. The lowest BCUT2D eigenvalue weighted by Gasteiger charge is -2.01. The molecule has 17 heavy (non-hydrogen) atoms. The van der Waals surface area contributed by atoms with Crippen molar-refractivity contribution in [3.05, 3.63) is 36.9 Å². The maximum absolute atomic E-state index is 11.0. The van der Waals surface area contributed by atoms with Gasteiger partial charge in [-0.05, 0) is 28.8 Å². The Kier molecular flexibility index (Phi) is 4.07. The van der Waals surface area contributed by atoms with E-state index in [1.807, 2.05) is 0 Å². The molecule has 0 aliphatic carbocycles.